The molecule has 0 spiro atoms. The highest BCUT2D eigenvalue weighted by atomic mass is 19.3. The zero-order valence-corrected chi connectivity index (χ0v) is 17.7. The number of allylic oxidation sites excluding steroid dienone is 1. The van der Waals surface area contributed by atoms with Crippen molar-refractivity contribution in [2.45, 2.75) is 56.9 Å². The van der Waals surface area contributed by atoms with E-state index in [9.17, 15) is 13.2 Å². The molecule has 0 radical (unpaired) electrons. The second kappa shape index (κ2) is 8.11. The minimum absolute atomic E-state index is 0.101. The third-order valence-electron chi connectivity index (χ3n) is 6.18. The van der Waals surface area contributed by atoms with Gasteiger partial charge in [-0.05, 0) is 43.7 Å². The molecule has 0 aliphatic heterocycles. The van der Waals surface area contributed by atoms with Crippen LogP contribution < -0.4 is 10.1 Å². The van der Waals surface area contributed by atoms with Crippen molar-refractivity contribution in [3.05, 3.63) is 53.4 Å². The predicted octanol–water partition coefficient (Wildman–Crippen LogP) is 5.03. The summed E-state index contributed by atoms with van der Waals surface area (Å²) in [6.45, 7) is 0. The summed E-state index contributed by atoms with van der Waals surface area (Å²) in [6.07, 6.45) is 10.0. The van der Waals surface area contributed by atoms with Gasteiger partial charge >= 0.3 is 0 Å². The number of anilines is 1. The number of ether oxygens (including phenoxy) is 1. The molecule has 1 saturated carbocycles. The summed E-state index contributed by atoms with van der Waals surface area (Å²) in [4.78, 5) is 13.3. The molecule has 0 amide bonds. The van der Waals surface area contributed by atoms with Gasteiger partial charge in [-0.3, -0.25) is 0 Å². The molecule has 3 aromatic rings. The largest absolute Gasteiger partial charge is 0.480 e. The number of pyridine rings is 1. The number of nitrogens with one attached hydrogen (secondary N) is 1. The molecule has 3 aromatic heterocycles. The van der Waals surface area contributed by atoms with E-state index in [0.717, 1.165) is 29.7 Å². The van der Waals surface area contributed by atoms with Crippen LogP contribution in [0.5, 0.6) is 5.88 Å². The molecular weight excluding hydrogens is 419 g/mol. The van der Waals surface area contributed by atoms with Gasteiger partial charge in [0.05, 0.1) is 18.4 Å². The first-order valence-electron chi connectivity index (χ1n) is 10.9. The van der Waals surface area contributed by atoms with Crippen LogP contribution in [-0.2, 0) is 6.42 Å². The lowest BCUT2D eigenvalue weighted by atomic mass is 9.92. The summed E-state index contributed by atoms with van der Waals surface area (Å²) in [5.41, 5.74) is 3.31. The number of rotatable bonds is 4. The monoisotopic (exact) mass is 443 g/mol. The van der Waals surface area contributed by atoms with E-state index in [-0.39, 0.29) is 24.5 Å². The van der Waals surface area contributed by atoms with E-state index in [2.05, 4.69) is 21.4 Å². The van der Waals surface area contributed by atoms with Crippen LogP contribution in [0, 0.1) is 5.82 Å². The molecule has 1 N–H and O–H groups in total. The summed E-state index contributed by atoms with van der Waals surface area (Å²) < 4.78 is 48.9. The van der Waals surface area contributed by atoms with E-state index in [1.54, 1.807) is 16.8 Å². The molecule has 0 aromatic carbocycles. The van der Waals surface area contributed by atoms with Gasteiger partial charge in [0.25, 0.3) is 0 Å². The zero-order chi connectivity index (χ0) is 22.3. The Labute approximate surface area is 183 Å². The third-order valence-corrected chi connectivity index (χ3v) is 6.18. The maximum absolute atomic E-state index is 14.6. The number of methoxy groups -OCH3 is 1. The van der Waals surface area contributed by atoms with Gasteiger partial charge in [0, 0.05) is 43.0 Å². The Kier molecular flexibility index (Phi) is 5.27. The third kappa shape index (κ3) is 3.91. The molecule has 32 heavy (non-hydrogen) atoms. The lowest BCUT2D eigenvalue weighted by molar-refractivity contribution is -0.0361. The summed E-state index contributed by atoms with van der Waals surface area (Å²) >= 11 is 0. The molecule has 9 heteroatoms. The number of halogens is 3. The number of imidazole rings is 1. The molecule has 168 valence electrons. The Balaban J connectivity index is 1.51. The number of aryl methyl sites for hydroxylation is 1. The molecule has 0 bridgehead atoms. The van der Waals surface area contributed by atoms with Crippen molar-refractivity contribution in [3.63, 3.8) is 0 Å². The summed E-state index contributed by atoms with van der Waals surface area (Å²) in [7, 11) is 1.54. The molecule has 0 atom stereocenters. The Bertz CT molecular complexity index is 1180. The van der Waals surface area contributed by atoms with Crippen LogP contribution in [0.4, 0.5) is 19.1 Å². The van der Waals surface area contributed by atoms with Gasteiger partial charge in [-0.2, -0.15) is 4.98 Å². The Hall–Kier alpha value is -3.10. The zero-order valence-electron chi connectivity index (χ0n) is 17.7. The van der Waals surface area contributed by atoms with Crippen LogP contribution in [0.3, 0.4) is 0 Å². The number of aromatic nitrogens is 4. The highest BCUT2D eigenvalue weighted by molar-refractivity contribution is 5.84. The smallest absolute Gasteiger partial charge is 0.248 e. The quantitative estimate of drug-likeness (QED) is 0.613. The summed E-state index contributed by atoms with van der Waals surface area (Å²) in [5.74, 6) is -2.23. The summed E-state index contributed by atoms with van der Waals surface area (Å²) in [6, 6.07) is 1.37. The number of alkyl halides is 2. The maximum Gasteiger partial charge on any atom is 0.248 e. The molecule has 0 unspecified atom stereocenters. The number of hydrogen-bond donors (Lipinski definition) is 1. The Morgan fingerprint density at radius 3 is 2.81 bits per heavy atom. The van der Waals surface area contributed by atoms with Crippen molar-refractivity contribution in [2.24, 2.45) is 0 Å². The molecule has 5 rings (SSSR count). The van der Waals surface area contributed by atoms with Gasteiger partial charge in [0.2, 0.25) is 17.8 Å². The lowest BCUT2D eigenvalue weighted by Gasteiger charge is -2.29. The standard InChI is InChI=1S/C23H24F3N5O/c1-32-21-19-16(14-12-17(24)20-27-10-11-31(20)13-14)4-2-3-5-18(19)29-22(30-21)28-15-6-8-23(25,26)9-7-15/h4,10-13,15H,2-3,5-9H2,1H3,(H,28,29,30). The minimum Gasteiger partial charge on any atom is -0.480 e. The van der Waals surface area contributed by atoms with E-state index in [1.807, 2.05) is 6.20 Å². The highest BCUT2D eigenvalue weighted by Gasteiger charge is 2.35. The minimum atomic E-state index is -2.59. The molecule has 1 fully saturated rings. The lowest BCUT2D eigenvalue weighted by Crippen LogP contribution is -2.32. The average molecular weight is 443 g/mol. The fourth-order valence-corrected chi connectivity index (χ4v) is 4.53. The summed E-state index contributed by atoms with van der Waals surface area (Å²) in [5, 5.41) is 3.22. The predicted molar refractivity (Wildman–Crippen MR) is 115 cm³/mol. The van der Waals surface area contributed by atoms with Crippen molar-refractivity contribution in [2.75, 3.05) is 12.4 Å². The van der Waals surface area contributed by atoms with Gasteiger partial charge in [0.15, 0.2) is 11.5 Å². The van der Waals surface area contributed by atoms with Crippen molar-refractivity contribution in [1.82, 2.24) is 19.4 Å². The van der Waals surface area contributed by atoms with Gasteiger partial charge < -0.3 is 14.5 Å². The molecule has 2 aliphatic rings. The SMILES string of the molecule is COc1nc(NC2CCC(F)(F)CC2)nc2c1C(c1cc(F)c3nccn3c1)=CCCC2. The van der Waals surface area contributed by atoms with E-state index in [1.165, 1.54) is 13.2 Å². The maximum atomic E-state index is 14.6. The molecule has 0 saturated heterocycles. The fourth-order valence-electron chi connectivity index (χ4n) is 4.53. The number of fused-ring (bicyclic) bond motifs is 2. The first-order valence-corrected chi connectivity index (χ1v) is 10.9. The Morgan fingerprint density at radius 2 is 2.03 bits per heavy atom. The van der Waals surface area contributed by atoms with Crippen molar-refractivity contribution in [1.29, 1.82) is 0 Å². The van der Waals surface area contributed by atoms with Crippen molar-refractivity contribution >= 4 is 17.2 Å². The van der Waals surface area contributed by atoms with Crippen LogP contribution >= 0.6 is 0 Å². The normalized spacial score (nSPS) is 18.7. The van der Waals surface area contributed by atoms with Crippen LogP contribution in [0.15, 0.2) is 30.7 Å². The first-order chi connectivity index (χ1) is 15.4. The number of nitrogens with zero attached hydrogens (tertiary/aromatic N) is 4. The first kappa shape index (κ1) is 20.8. The van der Waals surface area contributed by atoms with E-state index in [0.29, 0.717) is 36.7 Å². The van der Waals surface area contributed by atoms with Crippen LogP contribution in [-0.4, -0.2) is 38.4 Å². The molecular formula is C23H24F3N5O. The van der Waals surface area contributed by atoms with Crippen molar-refractivity contribution in [3.8, 4) is 5.88 Å². The topological polar surface area (TPSA) is 64.3 Å². The van der Waals surface area contributed by atoms with Crippen LogP contribution in [0.25, 0.3) is 11.2 Å². The van der Waals surface area contributed by atoms with E-state index < -0.39 is 11.7 Å². The highest BCUT2D eigenvalue weighted by Crippen LogP contribution is 2.38. The molecule has 6 nitrogen and oxygen atoms in total. The second-order valence-corrected chi connectivity index (χ2v) is 8.40. The van der Waals surface area contributed by atoms with Gasteiger partial charge in [-0.25, -0.2) is 23.1 Å². The molecule has 2 aliphatic carbocycles. The van der Waals surface area contributed by atoms with Gasteiger partial charge in [-0.15, -0.1) is 0 Å². The van der Waals surface area contributed by atoms with E-state index in [4.69, 9.17) is 9.72 Å². The van der Waals surface area contributed by atoms with E-state index >= 15 is 0 Å². The Morgan fingerprint density at radius 1 is 1.22 bits per heavy atom. The van der Waals surface area contributed by atoms with Gasteiger partial charge in [-0.1, -0.05) is 6.08 Å². The van der Waals surface area contributed by atoms with Crippen LogP contribution in [0.1, 0.15) is 55.3 Å². The van der Waals surface area contributed by atoms with Gasteiger partial charge in [0.1, 0.15) is 0 Å². The van der Waals surface area contributed by atoms with Crippen molar-refractivity contribution < 1.29 is 17.9 Å². The molecule has 3 heterocycles. The number of hydrogen-bond acceptors (Lipinski definition) is 5. The second-order valence-electron chi connectivity index (χ2n) is 8.40. The van der Waals surface area contributed by atoms with Crippen LogP contribution in [0.2, 0.25) is 0 Å². The fraction of sp³-hybridized carbons (Fsp3) is 0.435. The average Bonchev–Trinajstić information content (AvgIpc) is 3.15.